The molecule has 0 bridgehead atoms. The maximum Gasteiger partial charge on any atom is 0.283 e. The second-order valence-electron chi connectivity index (χ2n) is 7.17. The number of nitrogens with zero attached hydrogens (tertiary/aromatic N) is 5. The van der Waals surface area contributed by atoms with Gasteiger partial charge in [-0.2, -0.15) is 14.8 Å². The van der Waals surface area contributed by atoms with Crippen molar-refractivity contribution in [1.82, 2.24) is 19.6 Å². The molecule has 0 aliphatic heterocycles. The van der Waals surface area contributed by atoms with E-state index < -0.39 is 17.2 Å². The lowest BCUT2D eigenvalue weighted by molar-refractivity contribution is 0.585. The summed E-state index contributed by atoms with van der Waals surface area (Å²) in [6, 6.07) is 17.5. The zero-order valence-corrected chi connectivity index (χ0v) is 16.7. The van der Waals surface area contributed by atoms with Crippen LogP contribution >= 0.6 is 0 Å². The van der Waals surface area contributed by atoms with Crippen molar-refractivity contribution in [2.24, 2.45) is 0 Å². The third-order valence-corrected chi connectivity index (χ3v) is 5.22. The number of fused-ring (bicyclic) bond motifs is 2. The average Bonchev–Trinajstić information content (AvgIpc) is 3.22. The quantitative estimate of drug-likeness (QED) is 0.466. The first kappa shape index (κ1) is 19.4. The summed E-state index contributed by atoms with van der Waals surface area (Å²) < 4.78 is 28.4. The van der Waals surface area contributed by atoms with Gasteiger partial charge in [0.2, 0.25) is 5.78 Å². The maximum atomic E-state index is 14.2. The van der Waals surface area contributed by atoms with Crippen LogP contribution in [-0.4, -0.2) is 26.6 Å². The molecule has 0 aliphatic rings. The molecule has 5 aromatic rings. The van der Waals surface area contributed by atoms with Crippen LogP contribution in [0.15, 0.2) is 65.5 Å². The fraction of sp³-hybridized carbons (Fsp3) is 0.0435. The summed E-state index contributed by atoms with van der Waals surface area (Å²) >= 11 is 0. The molecule has 0 saturated heterocycles. The highest BCUT2D eigenvalue weighted by Gasteiger charge is 2.16. The summed E-state index contributed by atoms with van der Waals surface area (Å²) in [5.41, 5.74) is 2.33. The predicted molar refractivity (Wildman–Crippen MR) is 116 cm³/mol. The number of rotatable bonds is 3. The number of aromatic nitrogens is 4. The fourth-order valence-electron chi connectivity index (χ4n) is 3.49. The number of aromatic amines is 1. The van der Waals surface area contributed by atoms with Crippen LogP contribution in [0.4, 0.5) is 20.2 Å². The Morgan fingerprint density at radius 2 is 1.78 bits per heavy atom. The number of hydrogen-bond donors (Lipinski definition) is 1. The number of anilines is 2. The SMILES string of the molecule is CN(c1ccc(C#N)cc1)c1ccc2c(=O)n3nc(-c4ccc(F)cc4F)nc3[nH]c2c1. The number of benzene rings is 3. The molecule has 5 rings (SSSR count). The molecule has 156 valence electrons. The Morgan fingerprint density at radius 3 is 2.50 bits per heavy atom. The Kier molecular flexibility index (Phi) is 4.41. The molecule has 2 aromatic heterocycles. The van der Waals surface area contributed by atoms with E-state index in [2.05, 4.69) is 21.1 Å². The van der Waals surface area contributed by atoms with Crippen molar-refractivity contribution in [2.75, 3.05) is 11.9 Å². The fourth-order valence-corrected chi connectivity index (χ4v) is 3.49. The number of H-pyrrole nitrogens is 1. The van der Waals surface area contributed by atoms with Crippen LogP contribution in [0, 0.1) is 23.0 Å². The third kappa shape index (κ3) is 3.15. The van der Waals surface area contributed by atoms with Gasteiger partial charge in [0.05, 0.1) is 28.1 Å². The molecule has 0 radical (unpaired) electrons. The summed E-state index contributed by atoms with van der Waals surface area (Å²) in [5, 5.41) is 13.5. The highest BCUT2D eigenvalue weighted by Crippen LogP contribution is 2.26. The molecule has 0 fully saturated rings. The molecule has 32 heavy (non-hydrogen) atoms. The molecule has 0 unspecified atom stereocenters. The minimum absolute atomic E-state index is 0.00630. The first-order valence-electron chi connectivity index (χ1n) is 9.57. The molecular formula is C23H14F2N6O. The van der Waals surface area contributed by atoms with E-state index in [1.165, 1.54) is 6.07 Å². The van der Waals surface area contributed by atoms with Crippen molar-refractivity contribution in [1.29, 1.82) is 5.26 Å². The van der Waals surface area contributed by atoms with Crippen LogP contribution in [0.3, 0.4) is 0 Å². The number of halogens is 2. The van der Waals surface area contributed by atoms with Crippen LogP contribution in [-0.2, 0) is 0 Å². The van der Waals surface area contributed by atoms with Crippen molar-refractivity contribution in [3.8, 4) is 17.5 Å². The molecule has 0 amide bonds. The molecule has 0 aliphatic carbocycles. The standard InChI is InChI=1S/C23H14F2N6O/c1-30(15-5-2-13(12-26)3-6-15)16-7-9-18-20(11-16)27-23-28-21(29-31(23)22(18)32)17-8-4-14(24)10-19(17)25/h2-11H,1H3,(H,27,28,29). The van der Waals surface area contributed by atoms with Crippen molar-refractivity contribution in [3.63, 3.8) is 0 Å². The summed E-state index contributed by atoms with van der Waals surface area (Å²) in [7, 11) is 1.87. The number of nitriles is 1. The lowest BCUT2D eigenvalue weighted by Crippen LogP contribution is -2.16. The predicted octanol–water partition coefficient (Wildman–Crippen LogP) is 4.16. The zero-order valence-electron chi connectivity index (χ0n) is 16.7. The van der Waals surface area contributed by atoms with Crippen molar-refractivity contribution in [3.05, 3.63) is 88.2 Å². The molecule has 7 nitrogen and oxygen atoms in total. The van der Waals surface area contributed by atoms with Gasteiger partial charge in [0.15, 0.2) is 5.82 Å². The lowest BCUT2D eigenvalue weighted by Gasteiger charge is -2.20. The van der Waals surface area contributed by atoms with E-state index in [0.717, 1.165) is 28.0 Å². The van der Waals surface area contributed by atoms with Gasteiger partial charge in [-0.25, -0.2) is 8.78 Å². The molecule has 2 heterocycles. The van der Waals surface area contributed by atoms with Gasteiger partial charge in [-0.15, -0.1) is 5.10 Å². The number of hydrogen-bond acceptors (Lipinski definition) is 5. The lowest BCUT2D eigenvalue weighted by atomic mass is 10.1. The second-order valence-corrected chi connectivity index (χ2v) is 7.17. The molecular weight excluding hydrogens is 414 g/mol. The van der Waals surface area contributed by atoms with Crippen LogP contribution in [0.25, 0.3) is 28.1 Å². The van der Waals surface area contributed by atoms with E-state index in [0.29, 0.717) is 16.5 Å². The van der Waals surface area contributed by atoms with Gasteiger partial charge in [0.25, 0.3) is 5.56 Å². The van der Waals surface area contributed by atoms with Crippen LogP contribution < -0.4 is 10.5 Å². The van der Waals surface area contributed by atoms with Crippen molar-refractivity contribution >= 4 is 28.1 Å². The van der Waals surface area contributed by atoms with E-state index in [4.69, 9.17) is 5.26 Å². The molecule has 0 spiro atoms. The average molecular weight is 428 g/mol. The van der Waals surface area contributed by atoms with Gasteiger partial charge < -0.3 is 9.88 Å². The van der Waals surface area contributed by atoms with Crippen LogP contribution in [0.5, 0.6) is 0 Å². The van der Waals surface area contributed by atoms with Gasteiger partial charge in [0, 0.05) is 24.5 Å². The zero-order chi connectivity index (χ0) is 22.4. The third-order valence-electron chi connectivity index (χ3n) is 5.22. The molecule has 3 aromatic carbocycles. The Morgan fingerprint density at radius 1 is 1.03 bits per heavy atom. The minimum Gasteiger partial charge on any atom is -0.345 e. The Balaban J connectivity index is 1.61. The molecule has 1 N–H and O–H groups in total. The summed E-state index contributed by atoms with van der Waals surface area (Å²) in [5.74, 6) is -1.42. The van der Waals surface area contributed by atoms with Gasteiger partial charge >= 0.3 is 0 Å². The Bertz CT molecular complexity index is 1600. The normalized spacial score (nSPS) is 11.1. The van der Waals surface area contributed by atoms with E-state index in [1.54, 1.807) is 30.3 Å². The molecule has 0 atom stereocenters. The second kappa shape index (κ2) is 7.28. The van der Waals surface area contributed by atoms with Gasteiger partial charge in [0.1, 0.15) is 11.6 Å². The van der Waals surface area contributed by atoms with Crippen molar-refractivity contribution < 1.29 is 8.78 Å². The van der Waals surface area contributed by atoms with E-state index in [9.17, 15) is 13.6 Å². The topological polar surface area (TPSA) is 90.1 Å². The van der Waals surface area contributed by atoms with E-state index in [1.807, 2.05) is 24.1 Å². The first-order chi connectivity index (χ1) is 15.4. The molecule has 9 heteroatoms. The first-order valence-corrected chi connectivity index (χ1v) is 9.57. The van der Waals surface area contributed by atoms with E-state index in [-0.39, 0.29) is 17.2 Å². The smallest absolute Gasteiger partial charge is 0.283 e. The summed E-state index contributed by atoms with van der Waals surface area (Å²) in [6.07, 6.45) is 0. The monoisotopic (exact) mass is 428 g/mol. The number of nitrogens with one attached hydrogen (secondary N) is 1. The van der Waals surface area contributed by atoms with Gasteiger partial charge in [-0.1, -0.05) is 0 Å². The minimum atomic E-state index is -0.816. The highest BCUT2D eigenvalue weighted by molar-refractivity contribution is 5.84. The Hall–Kier alpha value is -4.58. The summed E-state index contributed by atoms with van der Waals surface area (Å²) in [6.45, 7) is 0. The van der Waals surface area contributed by atoms with Gasteiger partial charge in [-0.05, 0) is 54.6 Å². The van der Waals surface area contributed by atoms with E-state index >= 15 is 0 Å². The van der Waals surface area contributed by atoms with Crippen LogP contribution in [0.2, 0.25) is 0 Å². The van der Waals surface area contributed by atoms with Crippen LogP contribution in [0.1, 0.15) is 5.56 Å². The summed E-state index contributed by atoms with van der Waals surface area (Å²) in [4.78, 5) is 22.1. The Labute approximate surface area is 179 Å². The maximum absolute atomic E-state index is 14.2. The molecule has 0 saturated carbocycles. The highest BCUT2D eigenvalue weighted by atomic mass is 19.1. The van der Waals surface area contributed by atoms with Gasteiger partial charge in [-0.3, -0.25) is 4.79 Å². The largest absolute Gasteiger partial charge is 0.345 e. The van der Waals surface area contributed by atoms with Crippen molar-refractivity contribution in [2.45, 2.75) is 0 Å².